The monoisotopic (exact) mass is 251 g/mol. The van der Waals surface area contributed by atoms with Crippen LogP contribution in [0.3, 0.4) is 0 Å². The summed E-state index contributed by atoms with van der Waals surface area (Å²) in [4.78, 5) is 0. The number of rotatable bonds is 5. The van der Waals surface area contributed by atoms with Crippen LogP contribution < -0.4 is 5.32 Å². The van der Waals surface area contributed by atoms with Gasteiger partial charge in [0.2, 0.25) is 0 Å². The summed E-state index contributed by atoms with van der Waals surface area (Å²) >= 11 is 0. The van der Waals surface area contributed by atoms with Gasteiger partial charge in [0.15, 0.2) is 0 Å². The van der Waals surface area contributed by atoms with Crippen molar-refractivity contribution in [2.75, 3.05) is 6.61 Å². The van der Waals surface area contributed by atoms with Crippen LogP contribution in [0.1, 0.15) is 38.3 Å². The average Bonchev–Trinajstić information content (AvgIpc) is 2.27. The Morgan fingerprint density at radius 2 is 1.94 bits per heavy atom. The van der Waals surface area contributed by atoms with E-state index in [1.165, 1.54) is 0 Å². The number of hydrogen-bond donors (Lipinski definition) is 3. The van der Waals surface area contributed by atoms with Crippen LogP contribution >= 0.6 is 0 Å². The molecular formula is C15H25NO2. The van der Waals surface area contributed by atoms with E-state index >= 15 is 0 Å². The van der Waals surface area contributed by atoms with Gasteiger partial charge in [-0.1, -0.05) is 38.5 Å². The zero-order chi connectivity index (χ0) is 13.8. The molecule has 1 aromatic carbocycles. The maximum atomic E-state index is 9.75. The van der Waals surface area contributed by atoms with Crippen molar-refractivity contribution in [3.05, 3.63) is 29.3 Å². The van der Waals surface area contributed by atoms with E-state index in [1.807, 2.05) is 19.1 Å². The van der Waals surface area contributed by atoms with E-state index in [0.29, 0.717) is 12.3 Å². The molecule has 0 aliphatic heterocycles. The number of hydrogen-bond acceptors (Lipinski definition) is 3. The quantitative estimate of drug-likeness (QED) is 0.754. The van der Waals surface area contributed by atoms with Gasteiger partial charge in [0.1, 0.15) is 5.75 Å². The number of aryl methyl sites for hydroxylation is 1. The molecule has 0 saturated heterocycles. The number of aliphatic hydroxyl groups excluding tert-OH is 1. The minimum Gasteiger partial charge on any atom is -0.508 e. The van der Waals surface area contributed by atoms with Gasteiger partial charge < -0.3 is 15.5 Å². The zero-order valence-electron chi connectivity index (χ0n) is 11.8. The molecule has 0 fully saturated rings. The minimum atomic E-state index is 0.0601. The summed E-state index contributed by atoms with van der Waals surface area (Å²) in [7, 11) is 0. The van der Waals surface area contributed by atoms with Crippen LogP contribution in [-0.2, 0) is 6.54 Å². The van der Waals surface area contributed by atoms with Crippen LogP contribution in [-0.4, -0.2) is 22.9 Å². The van der Waals surface area contributed by atoms with Crippen LogP contribution in [0.2, 0.25) is 0 Å². The lowest BCUT2D eigenvalue weighted by atomic mass is 9.88. The highest BCUT2D eigenvalue weighted by Gasteiger charge is 2.18. The number of nitrogens with one attached hydrogen (secondary N) is 1. The first-order valence-electron chi connectivity index (χ1n) is 6.44. The molecule has 3 heteroatoms. The summed E-state index contributed by atoms with van der Waals surface area (Å²) in [6.07, 6.45) is 0.899. The van der Waals surface area contributed by atoms with E-state index in [-0.39, 0.29) is 18.1 Å². The summed E-state index contributed by atoms with van der Waals surface area (Å²) in [6.45, 7) is 9.16. The first-order valence-corrected chi connectivity index (χ1v) is 6.44. The van der Waals surface area contributed by atoms with Crippen LogP contribution in [0.25, 0.3) is 0 Å². The minimum absolute atomic E-state index is 0.0601. The molecule has 0 radical (unpaired) electrons. The lowest BCUT2D eigenvalue weighted by Gasteiger charge is -2.25. The summed E-state index contributed by atoms with van der Waals surface area (Å²) in [6, 6.07) is 5.63. The Kier molecular flexibility index (Phi) is 5.17. The number of phenols is 1. The molecule has 0 saturated carbocycles. The Balaban J connectivity index is 2.60. The van der Waals surface area contributed by atoms with Gasteiger partial charge in [-0.3, -0.25) is 0 Å². The number of aromatic hydroxyl groups is 1. The third-order valence-electron chi connectivity index (χ3n) is 2.90. The maximum absolute atomic E-state index is 9.75. The normalized spacial score (nSPS) is 13.6. The molecule has 1 aromatic rings. The maximum Gasteiger partial charge on any atom is 0.120 e. The molecule has 1 atom stereocenters. The molecule has 3 nitrogen and oxygen atoms in total. The highest BCUT2D eigenvalue weighted by molar-refractivity contribution is 5.35. The Hall–Kier alpha value is -1.06. The van der Waals surface area contributed by atoms with E-state index in [2.05, 4.69) is 26.1 Å². The molecular weight excluding hydrogens is 226 g/mol. The van der Waals surface area contributed by atoms with Gasteiger partial charge in [0.25, 0.3) is 0 Å². The highest BCUT2D eigenvalue weighted by Crippen LogP contribution is 2.22. The highest BCUT2D eigenvalue weighted by atomic mass is 16.3. The second-order valence-electron chi connectivity index (χ2n) is 6.16. The standard InChI is InChI=1S/C15H25NO2/c1-11-5-6-14(18)12(7-11)9-16-13(10-17)8-15(2,3)4/h5-7,13,16-18H,8-10H2,1-4H3. The van der Waals surface area contributed by atoms with Crippen molar-refractivity contribution in [2.45, 2.75) is 46.7 Å². The van der Waals surface area contributed by atoms with E-state index in [0.717, 1.165) is 17.5 Å². The number of benzene rings is 1. The van der Waals surface area contributed by atoms with Gasteiger partial charge in [-0.05, 0) is 24.8 Å². The summed E-state index contributed by atoms with van der Waals surface area (Å²) in [5.74, 6) is 0.306. The Bertz CT molecular complexity index is 383. The second kappa shape index (κ2) is 6.21. The molecule has 0 aromatic heterocycles. The lowest BCUT2D eigenvalue weighted by Crippen LogP contribution is -2.35. The van der Waals surface area contributed by atoms with Crippen molar-refractivity contribution >= 4 is 0 Å². The van der Waals surface area contributed by atoms with Crippen molar-refractivity contribution < 1.29 is 10.2 Å². The Morgan fingerprint density at radius 1 is 1.28 bits per heavy atom. The van der Waals surface area contributed by atoms with Crippen molar-refractivity contribution in [3.8, 4) is 5.75 Å². The van der Waals surface area contributed by atoms with E-state index in [9.17, 15) is 10.2 Å². The van der Waals surface area contributed by atoms with Crippen LogP contribution in [0.5, 0.6) is 5.75 Å². The van der Waals surface area contributed by atoms with Crippen LogP contribution in [0.4, 0.5) is 0 Å². The molecule has 102 valence electrons. The van der Waals surface area contributed by atoms with E-state index in [1.54, 1.807) is 6.07 Å². The van der Waals surface area contributed by atoms with Crippen molar-refractivity contribution in [2.24, 2.45) is 5.41 Å². The van der Waals surface area contributed by atoms with Gasteiger partial charge in [0, 0.05) is 18.2 Å². The third kappa shape index (κ3) is 5.07. The summed E-state index contributed by atoms with van der Waals surface area (Å²) < 4.78 is 0. The predicted molar refractivity (Wildman–Crippen MR) is 74.6 cm³/mol. The fourth-order valence-electron chi connectivity index (χ4n) is 2.05. The van der Waals surface area contributed by atoms with E-state index < -0.39 is 0 Å². The fourth-order valence-corrected chi connectivity index (χ4v) is 2.05. The SMILES string of the molecule is Cc1ccc(O)c(CNC(CO)CC(C)(C)C)c1. The molecule has 0 heterocycles. The van der Waals surface area contributed by atoms with Gasteiger partial charge in [-0.15, -0.1) is 0 Å². The molecule has 1 unspecified atom stereocenters. The average molecular weight is 251 g/mol. The molecule has 1 rings (SSSR count). The molecule has 3 N–H and O–H groups in total. The Labute approximate surface area is 110 Å². The first kappa shape index (κ1) is 15.0. The molecule has 0 spiro atoms. The largest absolute Gasteiger partial charge is 0.508 e. The molecule has 18 heavy (non-hydrogen) atoms. The summed E-state index contributed by atoms with van der Waals surface area (Å²) in [5.41, 5.74) is 2.18. The molecule has 0 aliphatic carbocycles. The van der Waals surface area contributed by atoms with Gasteiger partial charge >= 0.3 is 0 Å². The Morgan fingerprint density at radius 3 is 2.50 bits per heavy atom. The topological polar surface area (TPSA) is 52.5 Å². The van der Waals surface area contributed by atoms with Crippen LogP contribution in [0.15, 0.2) is 18.2 Å². The molecule has 0 aliphatic rings. The third-order valence-corrected chi connectivity index (χ3v) is 2.90. The van der Waals surface area contributed by atoms with Gasteiger partial charge in [-0.2, -0.15) is 0 Å². The zero-order valence-corrected chi connectivity index (χ0v) is 11.8. The molecule has 0 amide bonds. The smallest absolute Gasteiger partial charge is 0.120 e. The van der Waals surface area contributed by atoms with Crippen molar-refractivity contribution in [1.29, 1.82) is 0 Å². The van der Waals surface area contributed by atoms with Crippen molar-refractivity contribution in [3.63, 3.8) is 0 Å². The number of aliphatic hydroxyl groups is 1. The van der Waals surface area contributed by atoms with Crippen molar-refractivity contribution in [1.82, 2.24) is 5.32 Å². The van der Waals surface area contributed by atoms with Crippen LogP contribution in [0, 0.1) is 12.3 Å². The summed E-state index contributed by atoms with van der Waals surface area (Å²) in [5, 5.41) is 22.4. The molecule has 0 bridgehead atoms. The van der Waals surface area contributed by atoms with E-state index in [4.69, 9.17) is 0 Å². The van der Waals surface area contributed by atoms with Gasteiger partial charge in [0.05, 0.1) is 6.61 Å². The lowest BCUT2D eigenvalue weighted by molar-refractivity contribution is 0.197. The number of phenolic OH excluding ortho intramolecular Hbond substituents is 1. The fraction of sp³-hybridized carbons (Fsp3) is 0.600. The predicted octanol–water partition coefficient (Wildman–Crippen LogP) is 2.59. The van der Waals surface area contributed by atoms with Gasteiger partial charge in [-0.25, -0.2) is 0 Å². The second-order valence-corrected chi connectivity index (χ2v) is 6.16. The first-order chi connectivity index (χ1) is 8.31.